The van der Waals surface area contributed by atoms with E-state index in [0.717, 1.165) is 31.7 Å². The van der Waals surface area contributed by atoms with Crippen molar-refractivity contribution in [3.63, 3.8) is 0 Å². The van der Waals surface area contributed by atoms with Crippen molar-refractivity contribution in [2.24, 2.45) is 0 Å². The smallest absolute Gasteiger partial charge is 0.123 e. The van der Waals surface area contributed by atoms with E-state index in [0.29, 0.717) is 0 Å². The lowest BCUT2D eigenvalue weighted by Gasteiger charge is -2.35. The molecule has 2 rings (SSSR count). The largest absolute Gasteiger partial charge is 0.487 e. The highest BCUT2D eigenvalue weighted by Crippen LogP contribution is 2.29. The van der Waals surface area contributed by atoms with Crippen molar-refractivity contribution in [2.45, 2.75) is 39.2 Å². The first-order valence-corrected chi connectivity index (χ1v) is 6.07. The zero-order valence-electron chi connectivity index (χ0n) is 10.5. The molecule has 1 aliphatic heterocycles. The van der Waals surface area contributed by atoms with E-state index in [-0.39, 0.29) is 5.60 Å². The SMILES string of the molecule is Cc1cccc(OC2(C)CCNCC2)c1C. The number of nitrogens with one attached hydrogen (secondary N) is 1. The standard InChI is InChI=1S/C14H21NO/c1-11-5-4-6-13(12(11)2)16-14(3)7-9-15-10-8-14/h4-6,15H,7-10H2,1-3H3. The first-order valence-electron chi connectivity index (χ1n) is 6.07. The lowest BCUT2D eigenvalue weighted by atomic mass is 9.94. The maximum Gasteiger partial charge on any atom is 0.123 e. The normalized spacial score (nSPS) is 19.4. The van der Waals surface area contributed by atoms with E-state index in [1.54, 1.807) is 0 Å². The average molecular weight is 219 g/mol. The van der Waals surface area contributed by atoms with E-state index < -0.39 is 0 Å². The van der Waals surface area contributed by atoms with Gasteiger partial charge in [0, 0.05) is 0 Å². The van der Waals surface area contributed by atoms with Crippen LogP contribution in [0.2, 0.25) is 0 Å². The summed E-state index contributed by atoms with van der Waals surface area (Å²) in [6.45, 7) is 8.60. The Labute approximate surface area is 98.0 Å². The Morgan fingerprint density at radius 3 is 2.56 bits per heavy atom. The summed E-state index contributed by atoms with van der Waals surface area (Å²) in [5.74, 6) is 1.05. The second-order valence-electron chi connectivity index (χ2n) is 5.00. The van der Waals surface area contributed by atoms with Crippen molar-refractivity contribution < 1.29 is 4.74 Å². The maximum atomic E-state index is 6.21. The molecule has 1 aliphatic rings. The molecule has 1 heterocycles. The number of aryl methyl sites for hydroxylation is 1. The first kappa shape index (κ1) is 11.5. The third-order valence-corrected chi connectivity index (χ3v) is 3.57. The van der Waals surface area contributed by atoms with Crippen LogP contribution in [-0.4, -0.2) is 18.7 Å². The third kappa shape index (κ3) is 2.38. The van der Waals surface area contributed by atoms with Crippen LogP contribution in [-0.2, 0) is 0 Å². The van der Waals surface area contributed by atoms with Crippen LogP contribution < -0.4 is 10.1 Å². The molecule has 0 bridgehead atoms. The van der Waals surface area contributed by atoms with E-state index in [4.69, 9.17) is 4.74 Å². The van der Waals surface area contributed by atoms with Gasteiger partial charge in [-0.1, -0.05) is 12.1 Å². The molecule has 0 unspecified atom stereocenters. The molecule has 16 heavy (non-hydrogen) atoms. The van der Waals surface area contributed by atoms with Crippen LogP contribution in [0.4, 0.5) is 0 Å². The Hall–Kier alpha value is -1.02. The molecule has 0 radical (unpaired) electrons. The lowest BCUT2D eigenvalue weighted by molar-refractivity contribution is 0.0548. The molecule has 0 aliphatic carbocycles. The van der Waals surface area contributed by atoms with Crippen molar-refractivity contribution in [2.75, 3.05) is 13.1 Å². The summed E-state index contributed by atoms with van der Waals surface area (Å²) in [4.78, 5) is 0. The number of ether oxygens (including phenoxy) is 1. The molecule has 1 fully saturated rings. The van der Waals surface area contributed by atoms with Crippen LogP contribution in [0.15, 0.2) is 18.2 Å². The van der Waals surface area contributed by atoms with E-state index in [9.17, 15) is 0 Å². The minimum absolute atomic E-state index is 0.00377. The van der Waals surface area contributed by atoms with Crippen molar-refractivity contribution in [1.29, 1.82) is 0 Å². The molecule has 1 N–H and O–H groups in total. The van der Waals surface area contributed by atoms with E-state index in [1.165, 1.54) is 11.1 Å². The zero-order chi connectivity index (χ0) is 11.6. The molecular formula is C14H21NO. The van der Waals surface area contributed by atoms with Crippen molar-refractivity contribution >= 4 is 0 Å². The van der Waals surface area contributed by atoms with E-state index in [1.807, 2.05) is 0 Å². The zero-order valence-corrected chi connectivity index (χ0v) is 10.5. The van der Waals surface area contributed by atoms with Crippen LogP contribution in [0.25, 0.3) is 0 Å². The minimum Gasteiger partial charge on any atom is -0.487 e. The quantitative estimate of drug-likeness (QED) is 0.826. The monoisotopic (exact) mass is 219 g/mol. The van der Waals surface area contributed by atoms with Gasteiger partial charge >= 0.3 is 0 Å². The molecule has 0 saturated carbocycles. The number of hydrogen-bond donors (Lipinski definition) is 1. The summed E-state index contributed by atoms with van der Waals surface area (Å²) < 4.78 is 6.21. The van der Waals surface area contributed by atoms with Crippen LogP contribution in [0, 0.1) is 13.8 Å². The fourth-order valence-electron chi connectivity index (χ4n) is 2.16. The van der Waals surface area contributed by atoms with Gasteiger partial charge in [-0.2, -0.15) is 0 Å². The second-order valence-corrected chi connectivity index (χ2v) is 5.00. The molecule has 0 atom stereocenters. The Morgan fingerprint density at radius 1 is 1.19 bits per heavy atom. The van der Waals surface area contributed by atoms with Gasteiger partial charge in [-0.05, 0) is 63.9 Å². The fourth-order valence-corrected chi connectivity index (χ4v) is 2.16. The summed E-state index contributed by atoms with van der Waals surface area (Å²) >= 11 is 0. The van der Waals surface area contributed by atoms with Gasteiger partial charge in [0.2, 0.25) is 0 Å². The van der Waals surface area contributed by atoms with Crippen LogP contribution in [0.5, 0.6) is 5.75 Å². The predicted molar refractivity (Wildman–Crippen MR) is 67.1 cm³/mol. The van der Waals surface area contributed by atoms with Crippen molar-refractivity contribution in [3.05, 3.63) is 29.3 Å². The average Bonchev–Trinajstić information content (AvgIpc) is 2.26. The van der Waals surface area contributed by atoms with Gasteiger partial charge in [0.1, 0.15) is 11.4 Å². The van der Waals surface area contributed by atoms with Crippen molar-refractivity contribution in [1.82, 2.24) is 5.32 Å². The molecular weight excluding hydrogens is 198 g/mol. The van der Waals surface area contributed by atoms with E-state index in [2.05, 4.69) is 44.3 Å². The maximum absolute atomic E-state index is 6.21. The minimum atomic E-state index is 0.00377. The molecule has 1 aromatic rings. The molecule has 2 nitrogen and oxygen atoms in total. The van der Waals surface area contributed by atoms with Gasteiger partial charge in [0.05, 0.1) is 0 Å². The molecule has 1 saturated heterocycles. The molecule has 0 aromatic heterocycles. The summed E-state index contributed by atoms with van der Waals surface area (Å²) in [6.07, 6.45) is 2.17. The Morgan fingerprint density at radius 2 is 1.88 bits per heavy atom. The summed E-state index contributed by atoms with van der Waals surface area (Å²) in [5, 5.41) is 3.37. The van der Waals surface area contributed by atoms with Crippen LogP contribution in [0.1, 0.15) is 30.9 Å². The molecule has 1 aromatic carbocycles. The van der Waals surface area contributed by atoms with E-state index >= 15 is 0 Å². The van der Waals surface area contributed by atoms with Gasteiger partial charge < -0.3 is 10.1 Å². The number of hydrogen-bond acceptors (Lipinski definition) is 2. The lowest BCUT2D eigenvalue weighted by Crippen LogP contribution is -2.43. The predicted octanol–water partition coefficient (Wildman–Crippen LogP) is 2.82. The highest BCUT2D eigenvalue weighted by Gasteiger charge is 2.29. The van der Waals surface area contributed by atoms with Crippen molar-refractivity contribution in [3.8, 4) is 5.75 Å². The molecule has 88 valence electrons. The summed E-state index contributed by atoms with van der Waals surface area (Å²) in [7, 11) is 0. The second kappa shape index (κ2) is 4.46. The summed E-state index contributed by atoms with van der Waals surface area (Å²) in [5.41, 5.74) is 2.57. The Kier molecular flexibility index (Phi) is 3.20. The van der Waals surface area contributed by atoms with Gasteiger partial charge in [0.15, 0.2) is 0 Å². The Balaban J connectivity index is 2.16. The van der Waals surface area contributed by atoms with Gasteiger partial charge in [-0.3, -0.25) is 0 Å². The number of rotatable bonds is 2. The van der Waals surface area contributed by atoms with Crippen LogP contribution in [0.3, 0.4) is 0 Å². The molecule has 0 amide bonds. The molecule has 2 heteroatoms. The Bertz CT molecular complexity index is 367. The van der Waals surface area contributed by atoms with Crippen LogP contribution >= 0.6 is 0 Å². The highest BCUT2D eigenvalue weighted by atomic mass is 16.5. The van der Waals surface area contributed by atoms with Gasteiger partial charge in [-0.15, -0.1) is 0 Å². The fraction of sp³-hybridized carbons (Fsp3) is 0.571. The molecule has 0 spiro atoms. The van der Waals surface area contributed by atoms with Gasteiger partial charge in [0.25, 0.3) is 0 Å². The summed E-state index contributed by atoms with van der Waals surface area (Å²) in [6, 6.07) is 6.28. The number of piperidine rings is 1. The third-order valence-electron chi connectivity index (χ3n) is 3.57. The highest BCUT2D eigenvalue weighted by molar-refractivity contribution is 5.38. The van der Waals surface area contributed by atoms with Gasteiger partial charge in [-0.25, -0.2) is 0 Å². The topological polar surface area (TPSA) is 21.3 Å². The first-order chi connectivity index (χ1) is 7.61. The number of benzene rings is 1.